The fourth-order valence-electron chi connectivity index (χ4n) is 3.50. The van der Waals surface area contributed by atoms with E-state index in [2.05, 4.69) is 10.8 Å². The summed E-state index contributed by atoms with van der Waals surface area (Å²) in [7, 11) is -2.31. The highest BCUT2D eigenvalue weighted by atomic mass is 32.2. The van der Waals surface area contributed by atoms with Gasteiger partial charge in [-0.1, -0.05) is 12.1 Å². The lowest BCUT2D eigenvalue weighted by Gasteiger charge is -2.16. The van der Waals surface area contributed by atoms with E-state index < -0.39 is 16.1 Å². The monoisotopic (exact) mass is 441 g/mol. The summed E-state index contributed by atoms with van der Waals surface area (Å²) in [6, 6.07) is 13.3. The summed E-state index contributed by atoms with van der Waals surface area (Å²) in [4.78, 5) is 15.0. The lowest BCUT2D eigenvalue weighted by Crippen LogP contribution is -2.41. The van der Waals surface area contributed by atoms with Crippen LogP contribution in [0.25, 0.3) is 10.8 Å². The van der Waals surface area contributed by atoms with Gasteiger partial charge in [0.05, 0.1) is 12.0 Å². The molecule has 154 valence electrons. The highest BCUT2D eigenvalue weighted by Crippen LogP contribution is 2.25. The van der Waals surface area contributed by atoms with Crippen molar-refractivity contribution in [2.45, 2.75) is 23.9 Å². The van der Waals surface area contributed by atoms with Crippen LogP contribution in [0.1, 0.15) is 16.9 Å². The van der Waals surface area contributed by atoms with Crippen LogP contribution in [0.4, 0.5) is 0 Å². The normalized spacial score (nSPS) is 16.7. The number of carbonyl (C=O) groups is 1. The number of sulfonamides is 1. The number of benzene rings is 2. The molecule has 2 heterocycles. The van der Waals surface area contributed by atoms with Crippen LogP contribution >= 0.6 is 11.3 Å². The van der Waals surface area contributed by atoms with Crippen molar-refractivity contribution < 1.29 is 17.9 Å². The Balaban J connectivity index is 1.50. The van der Waals surface area contributed by atoms with Crippen molar-refractivity contribution in [3.8, 4) is 11.8 Å². The third kappa shape index (κ3) is 4.03. The van der Waals surface area contributed by atoms with E-state index in [-0.39, 0.29) is 10.8 Å². The summed E-state index contributed by atoms with van der Waals surface area (Å²) >= 11 is 1.33. The van der Waals surface area contributed by atoms with Crippen molar-refractivity contribution in [2.75, 3.05) is 13.7 Å². The third-order valence-corrected chi connectivity index (χ3v) is 7.41. The summed E-state index contributed by atoms with van der Waals surface area (Å²) in [5.41, 5.74) is 0.872. The zero-order valence-electron chi connectivity index (χ0n) is 16.2. The Morgan fingerprint density at radius 1 is 1.23 bits per heavy atom. The number of nitrogens with one attached hydrogen (secondary N) is 1. The molecule has 0 spiro atoms. The fraction of sp³-hybridized carbons (Fsp3) is 0.238. The summed E-state index contributed by atoms with van der Waals surface area (Å²) in [6.07, 6.45) is 0.398. The number of carbonyl (C=O) groups excluding carboxylic acids is 1. The second kappa shape index (κ2) is 8.07. The van der Waals surface area contributed by atoms with Gasteiger partial charge in [-0.15, -0.1) is 11.3 Å². The van der Waals surface area contributed by atoms with Gasteiger partial charge in [-0.25, -0.2) is 8.42 Å². The molecule has 1 saturated heterocycles. The molecule has 0 bridgehead atoms. The molecule has 1 amide bonds. The number of hydrogen-bond acceptors (Lipinski definition) is 6. The maximum atomic E-state index is 12.9. The van der Waals surface area contributed by atoms with E-state index in [0.717, 1.165) is 16.3 Å². The number of nitrogens with zero attached hydrogens (tertiary/aromatic N) is 2. The molecule has 0 unspecified atom stereocenters. The highest BCUT2D eigenvalue weighted by molar-refractivity contribution is 7.89. The lowest BCUT2D eigenvalue weighted by atomic mass is 10.1. The summed E-state index contributed by atoms with van der Waals surface area (Å²) < 4.78 is 33.5. The average molecular weight is 442 g/mol. The number of amides is 1. The first kappa shape index (κ1) is 20.3. The molecular formula is C21H19N3O4S2. The molecule has 0 aliphatic carbocycles. The SMILES string of the molecule is COc1ccc2ccc(S(=O)(=O)N[C@H]3CCN(Cc4csc(C#N)c4)C3=O)cc2c1. The second-order valence-corrected chi connectivity index (χ2v) is 9.65. The zero-order valence-corrected chi connectivity index (χ0v) is 17.8. The Morgan fingerprint density at radius 2 is 2.03 bits per heavy atom. The average Bonchev–Trinajstić information content (AvgIpc) is 3.34. The molecule has 1 aliphatic heterocycles. The van der Waals surface area contributed by atoms with Crippen LogP contribution in [0.15, 0.2) is 52.7 Å². The van der Waals surface area contributed by atoms with E-state index in [4.69, 9.17) is 10.00 Å². The first-order chi connectivity index (χ1) is 14.4. The molecule has 1 aliphatic rings. The molecule has 9 heteroatoms. The standard InChI is InChI=1S/C21H19N3O4S2/c1-28-17-4-2-15-3-5-19(10-16(15)9-17)30(26,27)23-20-6-7-24(21(20)25)12-14-8-18(11-22)29-13-14/h2-5,8-10,13,20,23H,6-7,12H2,1H3/t20-/m0/s1. The van der Waals surface area contributed by atoms with E-state index in [0.29, 0.717) is 30.1 Å². The minimum atomic E-state index is -3.86. The molecule has 1 fully saturated rings. The van der Waals surface area contributed by atoms with Crippen LogP contribution < -0.4 is 9.46 Å². The van der Waals surface area contributed by atoms with Gasteiger partial charge in [0.2, 0.25) is 15.9 Å². The van der Waals surface area contributed by atoms with Crippen LogP contribution in [0.5, 0.6) is 5.75 Å². The largest absolute Gasteiger partial charge is 0.497 e. The van der Waals surface area contributed by atoms with Crippen LogP contribution in [0, 0.1) is 11.3 Å². The van der Waals surface area contributed by atoms with Gasteiger partial charge in [-0.2, -0.15) is 9.98 Å². The number of rotatable bonds is 6. The number of hydrogen-bond donors (Lipinski definition) is 1. The van der Waals surface area contributed by atoms with Crippen LogP contribution in [0.3, 0.4) is 0 Å². The number of ether oxygens (including phenoxy) is 1. The molecule has 0 radical (unpaired) electrons. The van der Waals surface area contributed by atoms with Gasteiger partial charge in [0.15, 0.2) is 0 Å². The van der Waals surface area contributed by atoms with Gasteiger partial charge < -0.3 is 9.64 Å². The summed E-state index contributed by atoms with van der Waals surface area (Å²) in [6.45, 7) is 0.823. The minimum absolute atomic E-state index is 0.103. The summed E-state index contributed by atoms with van der Waals surface area (Å²) in [5.74, 6) is 0.380. The van der Waals surface area contributed by atoms with E-state index in [1.54, 1.807) is 36.3 Å². The van der Waals surface area contributed by atoms with Crippen LogP contribution in [-0.2, 0) is 21.4 Å². The number of likely N-dealkylation sites (tertiary alicyclic amines) is 1. The van der Waals surface area contributed by atoms with Gasteiger partial charge >= 0.3 is 0 Å². The lowest BCUT2D eigenvalue weighted by molar-refractivity contribution is -0.129. The molecule has 4 rings (SSSR count). The van der Waals surface area contributed by atoms with Crippen molar-refractivity contribution in [3.63, 3.8) is 0 Å². The van der Waals surface area contributed by atoms with Crippen molar-refractivity contribution >= 4 is 38.0 Å². The maximum absolute atomic E-state index is 12.9. The number of thiophene rings is 1. The first-order valence-electron chi connectivity index (χ1n) is 9.26. The van der Waals surface area contributed by atoms with Crippen molar-refractivity contribution in [1.82, 2.24) is 9.62 Å². The number of methoxy groups -OCH3 is 1. The predicted molar refractivity (Wildman–Crippen MR) is 114 cm³/mol. The Labute approximate surface area is 178 Å². The molecule has 0 saturated carbocycles. The van der Waals surface area contributed by atoms with Gasteiger partial charge in [-0.05, 0) is 58.5 Å². The maximum Gasteiger partial charge on any atom is 0.241 e. The quantitative estimate of drug-likeness (QED) is 0.634. The molecule has 1 atom stereocenters. The topological polar surface area (TPSA) is 99.5 Å². The Morgan fingerprint density at radius 3 is 2.77 bits per heavy atom. The molecular weight excluding hydrogens is 422 g/mol. The zero-order chi connectivity index (χ0) is 21.3. The van der Waals surface area contributed by atoms with Crippen LogP contribution in [0.2, 0.25) is 0 Å². The predicted octanol–water partition coefficient (Wildman–Crippen LogP) is 2.86. The van der Waals surface area contributed by atoms with E-state index in [1.807, 2.05) is 17.5 Å². The smallest absolute Gasteiger partial charge is 0.241 e. The van der Waals surface area contributed by atoms with Gasteiger partial charge in [-0.3, -0.25) is 4.79 Å². The molecule has 3 aromatic rings. The molecule has 7 nitrogen and oxygen atoms in total. The Bertz CT molecular complexity index is 1260. The summed E-state index contributed by atoms with van der Waals surface area (Å²) in [5, 5.41) is 12.4. The number of fused-ring (bicyclic) bond motifs is 1. The van der Waals surface area contributed by atoms with Crippen LogP contribution in [-0.4, -0.2) is 38.9 Å². The van der Waals surface area contributed by atoms with E-state index in [9.17, 15) is 13.2 Å². The van der Waals surface area contributed by atoms with Crippen molar-refractivity contribution in [3.05, 3.63) is 58.3 Å². The molecule has 1 N–H and O–H groups in total. The van der Waals surface area contributed by atoms with E-state index in [1.165, 1.54) is 17.4 Å². The first-order valence-corrected chi connectivity index (χ1v) is 11.6. The fourth-order valence-corrected chi connectivity index (χ4v) is 5.45. The molecule has 30 heavy (non-hydrogen) atoms. The minimum Gasteiger partial charge on any atom is -0.497 e. The van der Waals surface area contributed by atoms with Crippen molar-refractivity contribution in [2.24, 2.45) is 0 Å². The molecule has 2 aromatic carbocycles. The Hall–Kier alpha value is -2.93. The third-order valence-electron chi connectivity index (χ3n) is 5.06. The second-order valence-electron chi connectivity index (χ2n) is 7.03. The number of nitriles is 1. The van der Waals surface area contributed by atoms with Gasteiger partial charge in [0, 0.05) is 13.1 Å². The van der Waals surface area contributed by atoms with Gasteiger partial charge in [0.1, 0.15) is 22.7 Å². The Kier molecular flexibility index (Phi) is 5.47. The van der Waals surface area contributed by atoms with Gasteiger partial charge in [0.25, 0.3) is 0 Å². The highest BCUT2D eigenvalue weighted by Gasteiger charge is 2.35. The molecule has 1 aromatic heterocycles. The van der Waals surface area contributed by atoms with E-state index >= 15 is 0 Å². The van der Waals surface area contributed by atoms with Crippen molar-refractivity contribution in [1.29, 1.82) is 5.26 Å².